The number of aromatic nitrogens is 2. The van der Waals surface area contributed by atoms with Crippen LogP contribution in [-0.4, -0.2) is 4.57 Å². The predicted molar refractivity (Wildman–Crippen MR) is 170 cm³/mol. The van der Waals surface area contributed by atoms with Gasteiger partial charge in [-0.1, -0.05) is 87.5 Å². The molecule has 0 aliphatic heterocycles. The van der Waals surface area contributed by atoms with Crippen LogP contribution in [0.25, 0.3) is 61.2 Å². The van der Waals surface area contributed by atoms with Crippen LogP contribution in [-0.2, 0) is 13.5 Å². The maximum Gasteiger partial charge on any atom is 0.298 e. The predicted octanol–water partition coefficient (Wildman–Crippen LogP) is 9.72. The first-order valence-corrected chi connectivity index (χ1v) is 14.5. The van der Waals surface area contributed by atoms with Crippen LogP contribution in [0.1, 0.15) is 31.9 Å². The average molecular weight is 554 g/mol. The van der Waals surface area contributed by atoms with E-state index in [2.05, 4.69) is 98.5 Å². The van der Waals surface area contributed by atoms with Crippen molar-refractivity contribution in [3.63, 3.8) is 0 Å². The second-order valence-corrected chi connectivity index (χ2v) is 12.5. The summed E-state index contributed by atoms with van der Waals surface area (Å²) in [6.07, 6.45) is 0.866. The molecule has 0 atom stereocenters. The first-order valence-electron chi connectivity index (χ1n) is 14.5. The van der Waals surface area contributed by atoms with Crippen LogP contribution >= 0.6 is 0 Å². The molecule has 0 saturated carbocycles. The Bertz CT molecular complexity index is 2110. The number of hydrogen-bond donors (Lipinski definition) is 0. The van der Waals surface area contributed by atoms with Gasteiger partial charge in [0.05, 0.1) is 12.6 Å². The lowest BCUT2D eigenvalue weighted by molar-refractivity contribution is -0.633. The summed E-state index contributed by atoms with van der Waals surface area (Å²) in [4.78, 5) is 0. The molecule has 0 N–H and O–H groups in total. The molecule has 0 saturated heterocycles. The van der Waals surface area contributed by atoms with E-state index in [-0.39, 0.29) is 11.2 Å². The highest BCUT2D eigenvalue weighted by molar-refractivity contribution is 6.14. The number of benzene rings is 5. The molecular formula is C38H34FN2O+. The quantitative estimate of drug-likeness (QED) is 0.199. The number of para-hydroxylation sites is 3. The van der Waals surface area contributed by atoms with Gasteiger partial charge < -0.3 is 4.42 Å². The summed E-state index contributed by atoms with van der Waals surface area (Å²) in [5, 5.41) is 2.00. The van der Waals surface area contributed by atoms with E-state index in [4.69, 9.17) is 4.42 Å². The Morgan fingerprint density at radius 1 is 0.786 bits per heavy atom. The minimum absolute atomic E-state index is 0.0520. The van der Waals surface area contributed by atoms with Crippen LogP contribution in [0.5, 0.6) is 0 Å². The fraction of sp³-hybridized carbons (Fsp3) is 0.184. The normalized spacial score (nSPS) is 12.1. The highest BCUT2D eigenvalue weighted by Crippen LogP contribution is 2.45. The molecule has 0 spiro atoms. The van der Waals surface area contributed by atoms with Crippen molar-refractivity contribution in [2.75, 3.05) is 0 Å². The van der Waals surface area contributed by atoms with E-state index in [9.17, 15) is 0 Å². The lowest BCUT2D eigenvalue weighted by Gasteiger charge is -2.20. The number of nitrogens with zero attached hydrogens (tertiary/aromatic N) is 2. The maximum absolute atomic E-state index is 15.6. The van der Waals surface area contributed by atoms with E-state index in [1.165, 1.54) is 5.56 Å². The van der Waals surface area contributed by atoms with Gasteiger partial charge in [-0.2, -0.15) is 4.57 Å². The second-order valence-electron chi connectivity index (χ2n) is 12.5. The number of imidazole rings is 1. The Hall–Kier alpha value is -4.70. The Balaban J connectivity index is 1.67. The minimum Gasteiger partial charge on any atom is -0.454 e. The SMILES string of the molecule is Cc1cc(CC(C)(C)C)c2c(oc3c(-c4ccccc4)c(F)ccc32)c1-c1n(-c2ccccc2)c2ccccc2[n+]1C. The first kappa shape index (κ1) is 26.2. The lowest BCUT2D eigenvalue weighted by atomic mass is 9.84. The smallest absolute Gasteiger partial charge is 0.298 e. The zero-order valence-electron chi connectivity index (χ0n) is 24.7. The molecule has 0 bridgehead atoms. The van der Waals surface area contributed by atoms with Crippen molar-refractivity contribution < 1.29 is 13.4 Å². The largest absolute Gasteiger partial charge is 0.454 e. The van der Waals surface area contributed by atoms with Gasteiger partial charge in [-0.25, -0.2) is 8.96 Å². The molecule has 208 valence electrons. The fourth-order valence-electron chi connectivity index (χ4n) is 6.51. The summed E-state index contributed by atoms with van der Waals surface area (Å²) in [6, 6.07) is 34.4. The molecular weight excluding hydrogens is 519 g/mol. The van der Waals surface area contributed by atoms with Crippen molar-refractivity contribution in [1.82, 2.24) is 4.57 Å². The van der Waals surface area contributed by atoms with Crippen molar-refractivity contribution in [3.05, 3.63) is 120 Å². The van der Waals surface area contributed by atoms with Crippen LogP contribution in [0.4, 0.5) is 4.39 Å². The third-order valence-corrected chi connectivity index (χ3v) is 8.18. The van der Waals surface area contributed by atoms with E-state index < -0.39 is 0 Å². The van der Waals surface area contributed by atoms with E-state index in [0.29, 0.717) is 11.1 Å². The Labute approximate surface area is 245 Å². The van der Waals surface area contributed by atoms with E-state index >= 15 is 4.39 Å². The first-order chi connectivity index (χ1) is 20.2. The van der Waals surface area contributed by atoms with E-state index in [0.717, 1.165) is 62.0 Å². The van der Waals surface area contributed by atoms with Gasteiger partial charge in [0.1, 0.15) is 22.7 Å². The van der Waals surface area contributed by atoms with Gasteiger partial charge in [-0.3, -0.25) is 0 Å². The van der Waals surface area contributed by atoms with E-state index in [1.54, 1.807) is 6.07 Å². The van der Waals surface area contributed by atoms with Crippen LogP contribution < -0.4 is 4.57 Å². The monoisotopic (exact) mass is 553 g/mol. The van der Waals surface area contributed by atoms with Crippen molar-refractivity contribution in [1.29, 1.82) is 0 Å². The zero-order valence-corrected chi connectivity index (χ0v) is 24.7. The van der Waals surface area contributed by atoms with Gasteiger partial charge in [0.25, 0.3) is 5.82 Å². The lowest BCUT2D eigenvalue weighted by Crippen LogP contribution is -2.30. The van der Waals surface area contributed by atoms with Crippen molar-refractivity contribution in [2.24, 2.45) is 12.5 Å². The highest BCUT2D eigenvalue weighted by atomic mass is 19.1. The molecule has 0 aliphatic rings. The Kier molecular flexibility index (Phi) is 6.05. The molecule has 7 aromatic rings. The molecule has 0 amide bonds. The Morgan fingerprint density at radius 2 is 1.45 bits per heavy atom. The number of halogens is 1. The third kappa shape index (κ3) is 4.13. The number of aryl methyl sites for hydroxylation is 2. The number of hydrogen-bond acceptors (Lipinski definition) is 1. The molecule has 4 heteroatoms. The van der Waals surface area contributed by atoms with Crippen LogP contribution in [0, 0.1) is 18.2 Å². The summed E-state index contributed by atoms with van der Waals surface area (Å²) < 4.78 is 27.1. The van der Waals surface area contributed by atoms with Crippen molar-refractivity contribution in [3.8, 4) is 28.2 Å². The van der Waals surface area contributed by atoms with Gasteiger partial charge in [0, 0.05) is 10.8 Å². The van der Waals surface area contributed by atoms with Crippen LogP contribution in [0.15, 0.2) is 108 Å². The number of fused-ring (bicyclic) bond motifs is 4. The molecule has 0 unspecified atom stereocenters. The zero-order chi connectivity index (χ0) is 29.2. The van der Waals surface area contributed by atoms with Gasteiger partial charge >= 0.3 is 0 Å². The summed E-state index contributed by atoms with van der Waals surface area (Å²) in [7, 11) is 2.11. The Morgan fingerprint density at radius 3 is 2.17 bits per heavy atom. The van der Waals surface area contributed by atoms with Crippen molar-refractivity contribution >= 4 is 33.0 Å². The maximum atomic E-state index is 15.6. The highest BCUT2D eigenvalue weighted by Gasteiger charge is 2.32. The molecule has 42 heavy (non-hydrogen) atoms. The number of rotatable bonds is 4. The molecule has 0 radical (unpaired) electrons. The topological polar surface area (TPSA) is 21.9 Å². The minimum atomic E-state index is -0.285. The van der Waals surface area contributed by atoms with Crippen molar-refractivity contribution in [2.45, 2.75) is 34.1 Å². The second kappa shape index (κ2) is 9.70. The third-order valence-electron chi connectivity index (χ3n) is 8.18. The van der Waals surface area contributed by atoms with Gasteiger partial charge in [0.2, 0.25) is 0 Å². The summed E-state index contributed by atoms with van der Waals surface area (Å²) in [5.74, 6) is 0.736. The molecule has 5 aromatic carbocycles. The fourth-order valence-corrected chi connectivity index (χ4v) is 6.51. The summed E-state index contributed by atoms with van der Waals surface area (Å²) in [6.45, 7) is 8.94. The van der Waals surface area contributed by atoms with E-state index in [1.807, 2.05) is 42.5 Å². The molecule has 0 fully saturated rings. The molecule has 2 aromatic heterocycles. The van der Waals surface area contributed by atoms with Gasteiger partial charge in [-0.05, 0) is 71.8 Å². The standard InChI is InChI=1S/C38H34FN2O/c1-24-22-26(23-38(2,3)4)33-28-20-21-29(39)34(25-14-8-6-9-15-25)35(28)42-36(33)32(24)37-40(5)30-18-12-13-19-31(30)41(37)27-16-10-7-11-17-27/h6-22H,23H2,1-5H3/q+1. The van der Waals surface area contributed by atoms with Gasteiger partial charge in [-0.15, -0.1) is 0 Å². The summed E-state index contributed by atoms with van der Waals surface area (Å²) in [5.41, 5.74) is 9.40. The number of furan rings is 1. The molecule has 3 nitrogen and oxygen atoms in total. The molecule has 0 aliphatic carbocycles. The van der Waals surface area contributed by atoms with Crippen LogP contribution in [0.2, 0.25) is 0 Å². The average Bonchev–Trinajstić information content (AvgIpc) is 3.49. The molecule has 2 heterocycles. The van der Waals surface area contributed by atoms with Crippen LogP contribution in [0.3, 0.4) is 0 Å². The summed E-state index contributed by atoms with van der Waals surface area (Å²) >= 11 is 0. The molecule has 7 rings (SSSR count). The van der Waals surface area contributed by atoms with Gasteiger partial charge in [0.15, 0.2) is 16.6 Å².